The van der Waals surface area contributed by atoms with Crippen LogP contribution in [0.2, 0.25) is 0 Å². The Bertz CT molecular complexity index is 1340. The van der Waals surface area contributed by atoms with Gasteiger partial charge in [-0.25, -0.2) is 4.98 Å². The number of oxazole rings is 1. The third-order valence-electron chi connectivity index (χ3n) is 4.43. The number of aryl methyl sites for hydroxylation is 1. The maximum atomic E-state index is 12.6. The summed E-state index contributed by atoms with van der Waals surface area (Å²) in [4.78, 5) is 17.2. The molecule has 5 aromatic rings. The highest BCUT2D eigenvalue weighted by Gasteiger charge is 2.12. The number of benzene rings is 3. The quantitative estimate of drug-likeness (QED) is 0.469. The van der Waals surface area contributed by atoms with E-state index in [9.17, 15) is 4.79 Å². The van der Waals surface area contributed by atoms with Crippen LogP contribution in [0.15, 0.2) is 65.1 Å². The van der Waals surface area contributed by atoms with E-state index in [2.05, 4.69) is 19.0 Å². The normalized spacial score (nSPS) is 11.2. The molecule has 0 atom stereocenters. The summed E-state index contributed by atoms with van der Waals surface area (Å²) in [5.74, 6) is 0.312. The Morgan fingerprint density at radius 2 is 1.86 bits per heavy atom. The first-order valence-electron chi connectivity index (χ1n) is 8.67. The predicted octanol–water partition coefficient (Wildman–Crippen LogP) is 5.06. The largest absolute Gasteiger partial charge is 0.436 e. The van der Waals surface area contributed by atoms with Gasteiger partial charge in [-0.3, -0.25) is 4.79 Å². The van der Waals surface area contributed by atoms with Gasteiger partial charge in [-0.1, -0.05) is 12.1 Å². The van der Waals surface area contributed by atoms with Crippen LogP contribution in [-0.4, -0.2) is 19.6 Å². The van der Waals surface area contributed by atoms with Crippen LogP contribution < -0.4 is 5.32 Å². The van der Waals surface area contributed by atoms with E-state index >= 15 is 0 Å². The number of fused-ring (bicyclic) bond motifs is 2. The zero-order valence-electron chi connectivity index (χ0n) is 14.8. The van der Waals surface area contributed by atoms with Crippen molar-refractivity contribution in [2.75, 3.05) is 5.32 Å². The highest BCUT2D eigenvalue weighted by molar-refractivity contribution is 7.00. The van der Waals surface area contributed by atoms with Crippen LogP contribution in [0.1, 0.15) is 15.9 Å². The minimum Gasteiger partial charge on any atom is -0.436 e. The van der Waals surface area contributed by atoms with Crippen LogP contribution in [0.5, 0.6) is 0 Å². The Kier molecular flexibility index (Phi) is 3.87. The highest BCUT2D eigenvalue weighted by Crippen LogP contribution is 2.27. The molecule has 0 aliphatic carbocycles. The van der Waals surface area contributed by atoms with Crippen molar-refractivity contribution in [1.82, 2.24) is 13.7 Å². The molecule has 28 heavy (non-hydrogen) atoms. The van der Waals surface area contributed by atoms with Gasteiger partial charge in [-0.15, -0.1) is 0 Å². The lowest BCUT2D eigenvalue weighted by molar-refractivity contribution is 0.102. The van der Waals surface area contributed by atoms with Crippen LogP contribution in [0.4, 0.5) is 5.69 Å². The van der Waals surface area contributed by atoms with Gasteiger partial charge in [0.15, 0.2) is 5.58 Å². The molecule has 0 aliphatic heterocycles. The van der Waals surface area contributed by atoms with E-state index in [1.54, 1.807) is 18.2 Å². The van der Waals surface area contributed by atoms with Crippen molar-refractivity contribution >= 4 is 45.5 Å². The van der Waals surface area contributed by atoms with Gasteiger partial charge in [0.05, 0.1) is 11.7 Å². The van der Waals surface area contributed by atoms with E-state index in [-0.39, 0.29) is 5.91 Å². The number of carbonyl (C=O) groups excluding carboxylic acids is 1. The van der Waals surface area contributed by atoms with Gasteiger partial charge in [0, 0.05) is 16.8 Å². The van der Waals surface area contributed by atoms with Crippen LogP contribution in [0.25, 0.3) is 33.6 Å². The maximum absolute atomic E-state index is 12.6. The summed E-state index contributed by atoms with van der Waals surface area (Å²) < 4.78 is 14.2. The third kappa shape index (κ3) is 3.01. The fraction of sp³-hybridized carbons (Fsp3) is 0.0476. The maximum Gasteiger partial charge on any atom is 0.255 e. The molecule has 1 N–H and O–H groups in total. The summed E-state index contributed by atoms with van der Waals surface area (Å²) in [6.07, 6.45) is 0. The molecule has 136 valence electrons. The van der Waals surface area contributed by atoms with Gasteiger partial charge < -0.3 is 9.73 Å². The Morgan fingerprint density at radius 3 is 2.79 bits per heavy atom. The number of nitrogens with one attached hydrogen (secondary N) is 1. The molecule has 7 heteroatoms. The van der Waals surface area contributed by atoms with Gasteiger partial charge in [-0.2, -0.15) is 8.75 Å². The first-order chi connectivity index (χ1) is 13.7. The fourth-order valence-corrected chi connectivity index (χ4v) is 3.53. The van der Waals surface area contributed by atoms with E-state index in [0.29, 0.717) is 22.7 Å². The number of hydrogen-bond acceptors (Lipinski definition) is 6. The number of anilines is 1. The summed E-state index contributed by atoms with van der Waals surface area (Å²) in [6, 6.07) is 18.6. The zero-order valence-corrected chi connectivity index (χ0v) is 15.7. The SMILES string of the molecule is Cc1ccc2oc(-c3cccc(NC(=O)c4ccc5nsnc5c4)c3)nc2c1. The van der Waals surface area contributed by atoms with Crippen molar-refractivity contribution in [1.29, 1.82) is 0 Å². The smallest absolute Gasteiger partial charge is 0.255 e. The average Bonchev–Trinajstić information content (AvgIpc) is 3.33. The first kappa shape index (κ1) is 16.6. The molecule has 6 nitrogen and oxygen atoms in total. The zero-order chi connectivity index (χ0) is 19.1. The average molecular weight is 386 g/mol. The summed E-state index contributed by atoms with van der Waals surface area (Å²) in [5.41, 5.74) is 6.17. The van der Waals surface area contributed by atoms with Gasteiger partial charge in [0.1, 0.15) is 16.6 Å². The van der Waals surface area contributed by atoms with Crippen molar-refractivity contribution in [3.8, 4) is 11.5 Å². The molecule has 1 amide bonds. The lowest BCUT2D eigenvalue weighted by Gasteiger charge is -2.06. The second-order valence-electron chi connectivity index (χ2n) is 6.49. The summed E-state index contributed by atoms with van der Waals surface area (Å²) in [5, 5.41) is 2.91. The molecule has 2 aromatic heterocycles. The summed E-state index contributed by atoms with van der Waals surface area (Å²) >= 11 is 1.13. The Hall–Kier alpha value is -3.58. The van der Waals surface area contributed by atoms with E-state index < -0.39 is 0 Å². The second kappa shape index (κ2) is 6.54. The predicted molar refractivity (Wildman–Crippen MR) is 110 cm³/mol. The van der Waals surface area contributed by atoms with E-state index in [1.807, 2.05) is 49.4 Å². The molecule has 3 aromatic carbocycles. The number of aromatic nitrogens is 3. The van der Waals surface area contributed by atoms with Gasteiger partial charge in [-0.05, 0) is 61.0 Å². The van der Waals surface area contributed by atoms with Crippen molar-refractivity contribution < 1.29 is 9.21 Å². The Labute approximate surface area is 164 Å². The summed E-state index contributed by atoms with van der Waals surface area (Å²) in [7, 11) is 0. The molecular formula is C21H14N4O2S. The minimum absolute atomic E-state index is 0.208. The van der Waals surface area contributed by atoms with E-state index in [0.717, 1.165) is 39.5 Å². The topological polar surface area (TPSA) is 80.9 Å². The Balaban J connectivity index is 1.43. The second-order valence-corrected chi connectivity index (χ2v) is 7.02. The molecular weight excluding hydrogens is 372 g/mol. The molecule has 0 spiro atoms. The number of hydrogen-bond donors (Lipinski definition) is 1. The number of rotatable bonds is 3. The molecule has 5 rings (SSSR count). The number of nitrogens with zero attached hydrogens (tertiary/aromatic N) is 3. The Morgan fingerprint density at radius 1 is 0.964 bits per heavy atom. The monoisotopic (exact) mass is 386 g/mol. The van der Waals surface area contributed by atoms with Crippen molar-refractivity contribution in [3.05, 3.63) is 71.8 Å². The van der Waals surface area contributed by atoms with Gasteiger partial charge >= 0.3 is 0 Å². The molecule has 0 saturated carbocycles. The number of amides is 1. The lowest BCUT2D eigenvalue weighted by Crippen LogP contribution is -2.11. The standard InChI is InChI=1S/C21H14N4O2S/c1-12-5-8-19-18(9-12)23-21(27-19)14-3-2-4-15(10-14)22-20(26)13-6-7-16-17(11-13)25-28-24-16/h2-11H,1H3,(H,22,26). The van der Waals surface area contributed by atoms with E-state index in [1.165, 1.54) is 0 Å². The molecule has 0 saturated heterocycles. The van der Waals surface area contributed by atoms with Crippen molar-refractivity contribution in [3.63, 3.8) is 0 Å². The molecule has 0 radical (unpaired) electrons. The van der Waals surface area contributed by atoms with Crippen molar-refractivity contribution in [2.45, 2.75) is 6.92 Å². The third-order valence-corrected chi connectivity index (χ3v) is 4.98. The van der Waals surface area contributed by atoms with Gasteiger partial charge in [0.2, 0.25) is 5.89 Å². The highest BCUT2D eigenvalue weighted by atomic mass is 32.1. The van der Waals surface area contributed by atoms with Gasteiger partial charge in [0.25, 0.3) is 5.91 Å². The van der Waals surface area contributed by atoms with Crippen LogP contribution >= 0.6 is 11.7 Å². The lowest BCUT2D eigenvalue weighted by atomic mass is 10.1. The summed E-state index contributed by atoms with van der Waals surface area (Å²) in [6.45, 7) is 2.02. The fourth-order valence-electron chi connectivity index (χ4n) is 3.02. The van der Waals surface area contributed by atoms with Crippen LogP contribution in [-0.2, 0) is 0 Å². The van der Waals surface area contributed by atoms with E-state index in [4.69, 9.17) is 4.42 Å². The van der Waals surface area contributed by atoms with Crippen molar-refractivity contribution in [2.24, 2.45) is 0 Å². The molecule has 2 heterocycles. The molecule has 0 aliphatic rings. The first-order valence-corrected chi connectivity index (χ1v) is 9.40. The molecule has 0 fully saturated rings. The number of carbonyl (C=O) groups is 1. The minimum atomic E-state index is -0.208. The van der Waals surface area contributed by atoms with Crippen LogP contribution in [0, 0.1) is 6.92 Å². The molecule has 0 bridgehead atoms. The molecule has 0 unspecified atom stereocenters. The van der Waals surface area contributed by atoms with Crippen LogP contribution in [0.3, 0.4) is 0 Å².